The Balaban J connectivity index is 2.31. The number of amides is 1. The fourth-order valence-electron chi connectivity index (χ4n) is 3.85. The number of rotatable bonds is 4. The predicted molar refractivity (Wildman–Crippen MR) is 110 cm³/mol. The van der Waals surface area contributed by atoms with Crippen molar-refractivity contribution in [3.63, 3.8) is 0 Å². The highest BCUT2D eigenvalue weighted by molar-refractivity contribution is 6.05. The maximum atomic E-state index is 13.4. The molecule has 0 spiro atoms. The van der Waals surface area contributed by atoms with E-state index in [4.69, 9.17) is 0 Å². The van der Waals surface area contributed by atoms with Crippen molar-refractivity contribution in [2.45, 2.75) is 72.4 Å². The molecule has 28 heavy (non-hydrogen) atoms. The van der Waals surface area contributed by atoms with E-state index in [2.05, 4.69) is 9.97 Å². The number of piperidine rings is 1. The van der Waals surface area contributed by atoms with Crippen LogP contribution in [0.3, 0.4) is 0 Å². The molecule has 3 rings (SSSR count). The largest absolute Gasteiger partial charge is 0.336 e. The summed E-state index contributed by atoms with van der Waals surface area (Å²) in [7, 11) is 0. The van der Waals surface area contributed by atoms with E-state index in [1.165, 1.54) is 4.57 Å². The highest BCUT2D eigenvalue weighted by Gasteiger charge is 2.28. The first-order valence-electron chi connectivity index (χ1n) is 10.2. The molecule has 7 heteroatoms. The molecule has 1 unspecified atom stereocenters. The molecule has 1 saturated heterocycles. The Hall–Kier alpha value is -2.44. The van der Waals surface area contributed by atoms with Gasteiger partial charge in [-0.2, -0.15) is 0 Å². The standard InChI is InChI=1S/C21H30N4O3/c1-12(2)11-25-18-17(19(26)23-21(25)28)15(10-16(22-18)13(3)4)20(27)24-9-7-6-8-14(24)5/h10,12-14H,6-9,11H2,1-5H3,(H,23,26,28). The molecule has 0 aromatic carbocycles. The summed E-state index contributed by atoms with van der Waals surface area (Å²) < 4.78 is 1.49. The van der Waals surface area contributed by atoms with Crippen LogP contribution in [0.2, 0.25) is 0 Å². The van der Waals surface area contributed by atoms with Gasteiger partial charge in [-0.25, -0.2) is 9.78 Å². The third-order valence-electron chi connectivity index (χ3n) is 5.40. The second-order valence-corrected chi connectivity index (χ2v) is 8.56. The summed E-state index contributed by atoms with van der Waals surface area (Å²) in [4.78, 5) is 47.5. The van der Waals surface area contributed by atoms with Gasteiger partial charge in [-0.05, 0) is 44.1 Å². The van der Waals surface area contributed by atoms with Crippen LogP contribution in [-0.2, 0) is 6.54 Å². The molecule has 0 bridgehead atoms. The van der Waals surface area contributed by atoms with Crippen molar-refractivity contribution in [1.29, 1.82) is 0 Å². The Morgan fingerprint density at radius 1 is 1.25 bits per heavy atom. The fraction of sp³-hybridized carbons (Fsp3) is 0.619. The van der Waals surface area contributed by atoms with Crippen LogP contribution in [-0.4, -0.2) is 37.9 Å². The van der Waals surface area contributed by atoms with E-state index in [0.29, 0.717) is 30.0 Å². The Morgan fingerprint density at radius 3 is 2.57 bits per heavy atom. The van der Waals surface area contributed by atoms with Crippen molar-refractivity contribution in [1.82, 2.24) is 19.4 Å². The molecule has 1 N–H and O–H groups in total. The van der Waals surface area contributed by atoms with Gasteiger partial charge < -0.3 is 4.90 Å². The van der Waals surface area contributed by atoms with Gasteiger partial charge in [-0.3, -0.25) is 19.1 Å². The van der Waals surface area contributed by atoms with Gasteiger partial charge in [-0.1, -0.05) is 27.7 Å². The molecular formula is C21H30N4O3. The van der Waals surface area contributed by atoms with Gasteiger partial charge in [-0.15, -0.1) is 0 Å². The molecule has 0 radical (unpaired) electrons. The van der Waals surface area contributed by atoms with E-state index < -0.39 is 11.2 Å². The van der Waals surface area contributed by atoms with Gasteiger partial charge >= 0.3 is 5.69 Å². The van der Waals surface area contributed by atoms with E-state index in [9.17, 15) is 14.4 Å². The van der Waals surface area contributed by atoms with E-state index in [0.717, 1.165) is 19.3 Å². The minimum Gasteiger partial charge on any atom is -0.336 e. The molecule has 0 saturated carbocycles. The van der Waals surface area contributed by atoms with Crippen molar-refractivity contribution in [3.05, 3.63) is 38.2 Å². The van der Waals surface area contributed by atoms with Crippen LogP contribution >= 0.6 is 0 Å². The van der Waals surface area contributed by atoms with Crippen LogP contribution in [0.25, 0.3) is 11.0 Å². The quantitative estimate of drug-likeness (QED) is 0.875. The number of hydrogen-bond donors (Lipinski definition) is 1. The van der Waals surface area contributed by atoms with Crippen molar-refractivity contribution >= 4 is 16.9 Å². The number of nitrogens with one attached hydrogen (secondary N) is 1. The summed E-state index contributed by atoms with van der Waals surface area (Å²) in [6.45, 7) is 11.1. The van der Waals surface area contributed by atoms with Gasteiger partial charge in [0.05, 0.1) is 10.9 Å². The number of aromatic nitrogens is 3. The highest BCUT2D eigenvalue weighted by Crippen LogP contribution is 2.24. The summed E-state index contributed by atoms with van der Waals surface area (Å²) >= 11 is 0. The molecule has 1 aliphatic rings. The van der Waals surface area contributed by atoms with E-state index >= 15 is 0 Å². The van der Waals surface area contributed by atoms with Crippen molar-refractivity contribution in [2.24, 2.45) is 5.92 Å². The lowest BCUT2D eigenvalue weighted by Gasteiger charge is -2.33. The lowest BCUT2D eigenvalue weighted by atomic mass is 10.00. The number of nitrogens with zero attached hydrogens (tertiary/aromatic N) is 3. The first-order valence-corrected chi connectivity index (χ1v) is 10.2. The van der Waals surface area contributed by atoms with Gasteiger partial charge in [0.1, 0.15) is 0 Å². The molecule has 1 fully saturated rings. The monoisotopic (exact) mass is 386 g/mol. The van der Waals surface area contributed by atoms with Crippen LogP contribution in [0, 0.1) is 5.92 Å². The maximum Gasteiger partial charge on any atom is 0.330 e. The number of pyridine rings is 1. The van der Waals surface area contributed by atoms with E-state index in [1.807, 2.05) is 39.5 Å². The first-order chi connectivity index (χ1) is 13.2. The number of fused-ring (bicyclic) bond motifs is 1. The summed E-state index contributed by atoms with van der Waals surface area (Å²) in [5.41, 5.74) is 0.339. The van der Waals surface area contributed by atoms with Crippen LogP contribution in [0.5, 0.6) is 0 Å². The topological polar surface area (TPSA) is 88.1 Å². The van der Waals surface area contributed by atoms with Gasteiger partial charge in [0.25, 0.3) is 11.5 Å². The summed E-state index contributed by atoms with van der Waals surface area (Å²) in [5, 5.41) is 0.215. The second-order valence-electron chi connectivity index (χ2n) is 8.56. The average Bonchev–Trinajstić information content (AvgIpc) is 2.63. The molecule has 2 aromatic rings. The first kappa shape index (κ1) is 20.3. The van der Waals surface area contributed by atoms with E-state index in [-0.39, 0.29) is 29.2 Å². The zero-order chi connectivity index (χ0) is 20.6. The highest BCUT2D eigenvalue weighted by atomic mass is 16.2. The molecule has 152 valence electrons. The molecule has 0 aliphatic carbocycles. The number of hydrogen-bond acceptors (Lipinski definition) is 4. The number of carbonyl (C=O) groups excluding carboxylic acids is 1. The minimum atomic E-state index is -0.546. The molecular weight excluding hydrogens is 356 g/mol. The molecule has 1 amide bonds. The van der Waals surface area contributed by atoms with E-state index in [1.54, 1.807) is 6.07 Å². The number of aromatic amines is 1. The molecule has 2 aromatic heterocycles. The zero-order valence-corrected chi connectivity index (χ0v) is 17.4. The Bertz CT molecular complexity index is 1000. The number of H-pyrrole nitrogens is 1. The van der Waals surface area contributed by atoms with Crippen LogP contribution in [0.1, 0.15) is 75.9 Å². The van der Waals surface area contributed by atoms with Crippen molar-refractivity contribution < 1.29 is 4.79 Å². The van der Waals surface area contributed by atoms with Crippen LogP contribution < -0.4 is 11.2 Å². The third-order valence-corrected chi connectivity index (χ3v) is 5.40. The van der Waals surface area contributed by atoms with Gasteiger partial charge in [0.15, 0.2) is 5.65 Å². The fourth-order valence-corrected chi connectivity index (χ4v) is 3.85. The average molecular weight is 386 g/mol. The molecule has 1 aliphatic heterocycles. The minimum absolute atomic E-state index is 0.0663. The SMILES string of the molecule is CC(C)Cn1c(=O)[nH]c(=O)c2c(C(=O)N3CCCCC3C)cc(C(C)C)nc21. The van der Waals surface area contributed by atoms with Crippen LogP contribution in [0.4, 0.5) is 0 Å². The Labute approximate surface area is 164 Å². The summed E-state index contributed by atoms with van der Waals surface area (Å²) in [6.07, 6.45) is 3.03. The van der Waals surface area contributed by atoms with Crippen LogP contribution in [0.15, 0.2) is 15.7 Å². The second kappa shape index (κ2) is 7.89. The molecule has 1 atom stereocenters. The zero-order valence-electron chi connectivity index (χ0n) is 17.4. The van der Waals surface area contributed by atoms with Crippen molar-refractivity contribution in [3.8, 4) is 0 Å². The third kappa shape index (κ3) is 3.75. The lowest BCUT2D eigenvalue weighted by Crippen LogP contribution is -2.43. The number of carbonyl (C=O) groups is 1. The maximum absolute atomic E-state index is 13.4. The Kier molecular flexibility index (Phi) is 5.72. The predicted octanol–water partition coefficient (Wildman–Crippen LogP) is 2.88. The van der Waals surface area contributed by atoms with Crippen molar-refractivity contribution in [2.75, 3.05) is 6.54 Å². The van der Waals surface area contributed by atoms with Gasteiger partial charge in [0, 0.05) is 24.8 Å². The Morgan fingerprint density at radius 2 is 1.96 bits per heavy atom. The van der Waals surface area contributed by atoms with Gasteiger partial charge in [0.2, 0.25) is 0 Å². The normalized spacial score (nSPS) is 17.7. The number of likely N-dealkylation sites (tertiary alicyclic amines) is 1. The summed E-state index contributed by atoms with van der Waals surface area (Å²) in [6, 6.07) is 1.86. The smallest absolute Gasteiger partial charge is 0.330 e. The summed E-state index contributed by atoms with van der Waals surface area (Å²) in [5.74, 6) is 0.107. The molecule has 7 nitrogen and oxygen atoms in total. The lowest BCUT2D eigenvalue weighted by molar-refractivity contribution is 0.0637. The molecule has 3 heterocycles.